The first kappa shape index (κ1) is 25.1. The summed E-state index contributed by atoms with van der Waals surface area (Å²) in [4.78, 5) is 2.35. The molecule has 1 fully saturated rings. The van der Waals surface area contributed by atoms with Crippen LogP contribution in [-0.4, -0.2) is 53.2 Å². The van der Waals surface area contributed by atoms with Gasteiger partial charge in [-0.15, -0.1) is 22.0 Å². The van der Waals surface area contributed by atoms with Crippen LogP contribution in [-0.2, 0) is 0 Å². The highest BCUT2D eigenvalue weighted by Gasteiger charge is 2.21. The number of halogens is 1. The molecule has 0 N–H and O–H groups in total. The number of rotatable bonds is 4. The van der Waals surface area contributed by atoms with E-state index in [2.05, 4.69) is 78.2 Å². The van der Waals surface area contributed by atoms with Gasteiger partial charge in [-0.3, -0.25) is 0 Å². The van der Waals surface area contributed by atoms with Gasteiger partial charge in [-0.05, 0) is 41.2 Å². The molecule has 3 aliphatic rings. The SMILES string of the molecule is CN1CCS/C1=C/C=C1/CCC(/C=C/C2=[N+](C)CCS2)=C1c1ccccc1.[O-][Cl+3]([O-])([O-])[O-]. The summed E-state index contributed by atoms with van der Waals surface area (Å²) in [5, 5.41) is 2.77. The number of thioether (sulfide) groups is 2. The molecule has 6 nitrogen and oxygen atoms in total. The van der Waals surface area contributed by atoms with Gasteiger partial charge < -0.3 is 4.90 Å². The number of hydrogen-bond acceptors (Lipinski definition) is 7. The number of hydrogen-bond donors (Lipinski definition) is 0. The minimum absolute atomic E-state index is 1.13. The lowest BCUT2D eigenvalue weighted by Gasteiger charge is -2.17. The summed E-state index contributed by atoms with van der Waals surface area (Å²) in [7, 11) is -0.567. The van der Waals surface area contributed by atoms with Crippen molar-refractivity contribution in [3.8, 4) is 0 Å². The van der Waals surface area contributed by atoms with Crippen LogP contribution in [0.15, 0.2) is 70.8 Å². The molecule has 1 aromatic rings. The third-order valence-electron chi connectivity index (χ3n) is 5.33. The maximum atomic E-state index is 8.49. The van der Waals surface area contributed by atoms with Crippen molar-refractivity contribution >= 4 is 34.1 Å². The van der Waals surface area contributed by atoms with Crippen LogP contribution in [0.5, 0.6) is 0 Å². The summed E-state index contributed by atoms with van der Waals surface area (Å²) in [6.07, 6.45) is 11.6. The van der Waals surface area contributed by atoms with Crippen LogP contribution in [0.2, 0.25) is 0 Å². The molecule has 32 heavy (non-hydrogen) atoms. The van der Waals surface area contributed by atoms with Crippen molar-refractivity contribution in [1.82, 2.24) is 4.90 Å². The second kappa shape index (κ2) is 11.6. The van der Waals surface area contributed by atoms with Crippen molar-refractivity contribution in [1.29, 1.82) is 0 Å². The van der Waals surface area contributed by atoms with Crippen LogP contribution in [0.1, 0.15) is 18.4 Å². The minimum atomic E-state index is -4.94. The molecule has 2 aliphatic heterocycles. The smallest absolute Gasteiger partial charge is 0.234 e. The average molecular weight is 495 g/mol. The molecule has 0 saturated carbocycles. The van der Waals surface area contributed by atoms with E-state index in [9.17, 15) is 0 Å². The number of benzene rings is 1. The quantitative estimate of drug-likeness (QED) is 0.554. The van der Waals surface area contributed by atoms with Crippen LogP contribution >= 0.6 is 23.5 Å². The Balaban J connectivity index is 0.000000523. The fourth-order valence-electron chi connectivity index (χ4n) is 3.74. The molecular formula is C23H27ClN2O4S2. The van der Waals surface area contributed by atoms with E-state index in [0.717, 1.165) is 25.9 Å². The molecule has 9 heteroatoms. The van der Waals surface area contributed by atoms with Crippen molar-refractivity contribution in [3.05, 3.63) is 76.4 Å². The predicted molar refractivity (Wildman–Crippen MR) is 122 cm³/mol. The van der Waals surface area contributed by atoms with E-state index < -0.39 is 10.2 Å². The summed E-state index contributed by atoms with van der Waals surface area (Å²) in [6.45, 7) is 2.30. The molecule has 0 aromatic heterocycles. The Kier molecular flexibility index (Phi) is 9.07. The summed E-state index contributed by atoms with van der Waals surface area (Å²) in [5.74, 6) is 2.40. The van der Waals surface area contributed by atoms with E-state index in [1.54, 1.807) is 0 Å². The van der Waals surface area contributed by atoms with Crippen molar-refractivity contribution in [3.63, 3.8) is 0 Å². The van der Waals surface area contributed by atoms with Crippen LogP contribution in [0, 0.1) is 10.2 Å². The Morgan fingerprint density at radius 3 is 2.28 bits per heavy atom. The first-order valence-corrected chi connectivity index (χ1v) is 13.5. The normalized spacial score (nSPS) is 22.0. The number of nitrogens with zero attached hydrogens (tertiary/aromatic N) is 2. The van der Waals surface area contributed by atoms with Gasteiger partial charge in [0.2, 0.25) is 5.04 Å². The molecule has 172 valence electrons. The maximum Gasteiger partial charge on any atom is 0.234 e. The molecule has 1 aromatic carbocycles. The molecule has 0 bridgehead atoms. The van der Waals surface area contributed by atoms with Gasteiger partial charge in [-0.1, -0.05) is 54.2 Å². The zero-order valence-corrected chi connectivity index (χ0v) is 20.5. The van der Waals surface area contributed by atoms with E-state index in [1.807, 2.05) is 23.5 Å². The van der Waals surface area contributed by atoms with Crippen molar-refractivity contribution in [2.45, 2.75) is 12.8 Å². The molecule has 0 unspecified atom stereocenters. The molecular weight excluding hydrogens is 468 g/mol. The Morgan fingerprint density at radius 1 is 0.969 bits per heavy atom. The zero-order chi connectivity index (χ0) is 23.1. The largest absolute Gasteiger partial charge is 0.369 e. The third kappa shape index (κ3) is 7.52. The monoisotopic (exact) mass is 494 g/mol. The Hall–Kier alpha value is -1.52. The van der Waals surface area contributed by atoms with Crippen LogP contribution in [0.3, 0.4) is 0 Å². The van der Waals surface area contributed by atoms with Crippen LogP contribution in [0.25, 0.3) is 5.57 Å². The molecule has 1 saturated heterocycles. The van der Waals surface area contributed by atoms with Gasteiger partial charge in [-0.25, -0.2) is 23.2 Å². The molecule has 1 aliphatic carbocycles. The first-order valence-electron chi connectivity index (χ1n) is 10.3. The Morgan fingerprint density at radius 2 is 1.69 bits per heavy atom. The lowest BCUT2D eigenvalue weighted by atomic mass is 9.98. The molecule has 0 atom stereocenters. The van der Waals surface area contributed by atoms with E-state index in [-0.39, 0.29) is 0 Å². The summed E-state index contributed by atoms with van der Waals surface area (Å²) >= 11 is 3.92. The fourth-order valence-corrected chi connectivity index (χ4v) is 5.84. The first-order chi connectivity index (χ1) is 15.2. The number of allylic oxidation sites excluding steroid dienone is 6. The molecule has 0 spiro atoms. The predicted octanol–water partition coefficient (Wildman–Crippen LogP) is 0.268. The van der Waals surface area contributed by atoms with E-state index >= 15 is 0 Å². The zero-order valence-electron chi connectivity index (χ0n) is 18.2. The average Bonchev–Trinajstić information content (AvgIpc) is 3.44. The Bertz CT molecular complexity index is 960. The van der Waals surface area contributed by atoms with E-state index in [0.29, 0.717) is 0 Å². The third-order valence-corrected chi connectivity index (χ3v) is 7.59. The topological polar surface area (TPSA) is 98.5 Å². The van der Waals surface area contributed by atoms with Crippen molar-refractivity contribution < 1.29 is 33.5 Å². The highest BCUT2D eigenvalue weighted by molar-refractivity contribution is 8.14. The second-order valence-electron chi connectivity index (χ2n) is 7.55. The van der Waals surface area contributed by atoms with Crippen molar-refractivity contribution in [2.75, 3.05) is 38.7 Å². The maximum absolute atomic E-state index is 8.49. The fraction of sp³-hybridized carbons (Fsp3) is 0.348. The Labute approximate surface area is 200 Å². The lowest BCUT2D eigenvalue weighted by Crippen LogP contribution is -2.68. The minimum Gasteiger partial charge on any atom is -0.369 e. The summed E-state index contributed by atoms with van der Waals surface area (Å²) < 4.78 is 36.3. The standard InChI is InChI=1S/C23H27N2S2.ClHO4/c1-24-14-16-26-21(24)12-10-19-8-9-20(11-13-22-25(2)15-17-27-22)23(19)18-6-4-3-5-7-18;2-1(3,4)5/h3-7,10-13H,8-9,14-17H2,1-2H3;(H,2,3,4,5)/q+1;/p-1. The van der Waals surface area contributed by atoms with Gasteiger partial charge in [0.1, 0.15) is 7.05 Å². The van der Waals surface area contributed by atoms with Crippen molar-refractivity contribution in [2.24, 2.45) is 0 Å². The summed E-state index contributed by atoms with van der Waals surface area (Å²) in [5.41, 5.74) is 5.70. The molecule has 0 amide bonds. The van der Waals surface area contributed by atoms with Gasteiger partial charge in [-0.2, -0.15) is 0 Å². The van der Waals surface area contributed by atoms with Gasteiger partial charge in [0.25, 0.3) is 0 Å². The highest BCUT2D eigenvalue weighted by atomic mass is 35.7. The van der Waals surface area contributed by atoms with E-state index in [4.69, 9.17) is 18.6 Å². The summed E-state index contributed by atoms with van der Waals surface area (Å²) in [6, 6.07) is 10.9. The lowest BCUT2D eigenvalue weighted by molar-refractivity contribution is -2.00. The van der Waals surface area contributed by atoms with Gasteiger partial charge in [0.05, 0.1) is 10.8 Å². The molecule has 0 radical (unpaired) electrons. The molecule has 2 heterocycles. The highest BCUT2D eigenvalue weighted by Crippen LogP contribution is 2.40. The van der Waals surface area contributed by atoms with Crippen LogP contribution in [0.4, 0.5) is 0 Å². The van der Waals surface area contributed by atoms with Gasteiger partial charge in [0, 0.05) is 25.4 Å². The molecule has 4 rings (SSSR count). The second-order valence-corrected chi connectivity index (χ2v) is 10.5. The van der Waals surface area contributed by atoms with Crippen LogP contribution < -0.4 is 18.6 Å². The van der Waals surface area contributed by atoms with E-state index in [1.165, 1.54) is 43.9 Å². The van der Waals surface area contributed by atoms with Gasteiger partial charge >= 0.3 is 0 Å². The van der Waals surface area contributed by atoms with Gasteiger partial charge in [0.15, 0.2) is 6.54 Å².